The fourth-order valence-corrected chi connectivity index (χ4v) is 4.65. The van der Waals surface area contributed by atoms with Crippen LogP contribution in [0.15, 0.2) is 35.1 Å². The zero-order valence-corrected chi connectivity index (χ0v) is 17.9. The zero-order chi connectivity index (χ0) is 21.5. The zero-order valence-electron chi connectivity index (χ0n) is 17.1. The summed E-state index contributed by atoms with van der Waals surface area (Å²) < 4.78 is 14.3. The van der Waals surface area contributed by atoms with Gasteiger partial charge >= 0.3 is 0 Å². The van der Waals surface area contributed by atoms with Crippen LogP contribution in [-0.4, -0.2) is 33.4 Å². The van der Waals surface area contributed by atoms with E-state index in [2.05, 4.69) is 20.3 Å². The van der Waals surface area contributed by atoms with Gasteiger partial charge in [-0.2, -0.15) is 0 Å². The molecule has 1 amide bonds. The number of hydrogen-bond acceptors (Lipinski definition) is 6. The second kappa shape index (κ2) is 7.79. The van der Waals surface area contributed by atoms with E-state index >= 15 is 0 Å². The summed E-state index contributed by atoms with van der Waals surface area (Å²) in [4.78, 5) is 38.8. The van der Waals surface area contributed by atoms with Crippen molar-refractivity contribution in [3.05, 3.63) is 52.1 Å². The third kappa shape index (κ3) is 3.94. The molecule has 0 spiro atoms. The molecule has 1 saturated heterocycles. The second-order valence-corrected chi connectivity index (χ2v) is 8.99. The first-order valence-corrected chi connectivity index (χ1v) is 10.8. The van der Waals surface area contributed by atoms with Gasteiger partial charge in [-0.25, -0.2) is 14.4 Å². The number of hydrogen-bond donors (Lipinski definition) is 2. The number of alkyl halides is 1. The number of benzene rings is 1. The summed E-state index contributed by atoms with van der Waals surface area (Å²) in [6.07, 6.45) is 1.55. The third-order valence-electron chi connectivity index (χ3n) is 5.28. The predicted octanol–water partition coefficient (Wildman–Crippen LogP) is 3.43. The minimum atomic E-state index is -1.76. The maximum atomic E-state index is 14.3. The van der Waals surface area contributed by atoms with E-state index in [9.17, 15) is 14.0 Å². The van der Waals surface area contributed by atoms with Crippen LogP contribution in [-0.2, 0) is 10.5 Å². The Morgan fingerprint density at radius 3 is 2.77 bits per heavy atom. The minimum Gasteiger partial charge on any atom is -0.348 e. The minimum absolute atomic E-state index is 0.0254. The van der Waals surface area contributed by atoms with Crippen molar-refractivity contribution in [1.82, 2.24) is 20.3 Å². The first kappa shape index (κ1) is 20.5. The molecule has 3 aromatic rings. The van der Waals surface area contributed by atoms with E-state index in [1.54, 1.807) is 0 Å². The fraction of sp³-hybridized carbons (Fsp3) is 0.429. The lowest BCUT2D eigenvalue weighted by Gasteiger charge is -2.25. The van der Waals surface area contributed by atoms with E-state index in [0.717, 1.165) is 12.0 Å². The number of thiazole rings is 1. The molecule has 1 unspecified atom stereocenters. The van der Waals surface area contributed by atoms with Gasteiger partial charge in [-0.05, 0) is 39.2 Å². The topological polar surface area (TPSA) is 91.0 Å². The van der Waals surface area contributed by atoms with Gasteiger partial charge in [0.1, 0.15) is 11.9 Å². The van der Waals surface area contributed by atoms with Crippen LogP contribution in [0.2, 0.25) is 0 Å². The van der Waals surface area contributed by atoms with Gasteiger partial charge in [0.25, 0.3) is 5.56 Å². The number of anilines is 1. The second-order valence-electron chi connectivity index (χ2n) is 8.03. The molecule has 1 aliphatic rings. The van der Waals surface area contributed by atoms with Crippen LogP contribution in [0.4, 0.5) is 9.52 Å². The van der Waals surface area contributed by atoms with Gasteiger partial charge in [0.05, 0.1) is 6.04 Å². The number of carbonyl (C=O) groups excluding carboxylic acids is 1. The van der Waals surface area contributed by atoms with Gasteiger partial charge in [0, 0.05) is 6.54 Å². The van der Waals surface area contributed by atoms with Crippen molar-refractivity contribution in [2.75, 3.05) is 11.4 Å². The molecule has 0 aliphatic carbocycles. The van der Waals surface area contributed by atoms with E-state index in [0.29, 0.717) is 22.9 Å². The number of aromatic amines is 1. The summed E-state index contributed by atoms with van der Waals surface area (Å²) >= 11 is 1.21. The predicted molar refractivity (Wildman–Crippen MR) is 116 cm³/mol. The average Bonchev–Trinajstić information content (AvgIpc) is 3.35. The van der Waals surface area contributed by atoms with Crippen molar-refractivity contribution >= 4 is 32.7 Å². The molecule has 1 aliphatic heterocycles. The summed E-state index contributed by atoms with van der Waals surface area (Å²) in [7, 11) is 0. The van der Waals surface area contributed by atoms with Crippen LogP contribution >= 0.6 is 11.3 Å². The highest BCUT2D eigenvalue weighted by molar-refractivity contribution is 7.21. The quantitative estimate of drug-likeness (QED) is 0.648. The highest BCUT2D eigenvalue weighted by Crippen LogP contribution is 2.32. The summed E-state index contributed by atoms with van der Waals surface area (Å²) in [6.45, 7) is 5.30. The molecule has 0 bridgehead atoms. The summed E-state index contributed by atoms with van der Waals surface area (Å²) in [5.41, 5.74) is -1.03. The average molecular weight is 430 g/mol. The van der Waals surface area contributed by atoms with Crippen LogP contribution < -0.4 is 15.8 Å². The number of halogens is 1. The molecule has 2 aromatic heterocycles. The lowest BCUT2D eigenvalue weighted by Crippen LogP contribution is -2.44. The highest BCUT2D eigenvalue weighted by atomic mass is 32.1. The van der Waals surface area contributed by atoms with Crippen molar-refractivity contribution in [2.24, 2.45) is 0 Å². The number of nitrogens with one attached hydrogen (secondary N) is 2. The summed E-state index contributed by atoms with van der Waals surface area (Å²) in [5.74, 6) is -0.0989. The van der Waals surface area contributed by atoms with E-state index < -0.39 is 11.2 Å². The monoisotopic (exact) mass is 429 g/mol. The summed E-state index contributed by atoms with van der Waals surface area (Å²) in [6, 6.07) is 9.30. The van der Waals surface area contributed by atoms with Crippen LogP contribution in [0.3, 0.4) is 0 Å². The third-order valence-corrected chi connectivity index (χ3v) is 6.27. The molecule has 30 heavy (non-hydrogen) atoms. The van der Waals surface area contributed by atoms with Crippen molar-refractivity contribution in [3.8, 4) is 0 Å². The summed E-state index contributed by atoms with van der Waals surface area (Å²) in [5, 5.41) is 3.63. The number of carbonyl (C=O) groups is 1. The normalized spacial score (nSPS) is 18.0. The number of aromatic nitrogens is 3. The number of nitrogens with zero attached hydrogens (tertiary/aromatic N) is 3. The number of rotatable bonds is 5. The maximum Gasteiger partial charge on any atom is 0.278 e. The number of amides is 1. The molecule has 3 heterocycles. The molecule has 0 saturated carbocycles. The van der Waals surface area contributed by atoms with Gasteiger partial charge in [0.2, 0.25) is 5.91 Å². The SMILES string of the molecule is C[C@@H](NC(=O)C1CCCN1c1nc2c(=O)[nH]c(C(C)(C)F)nc2s1)c1ccccc1. The standard InChI is InChI=1S/C21H24FN5O2S/c1-12(13-8-5-4-6-9-13)23-16(28)14-10-7-11-27(14)20-24-15-17(29)25-19(21(2,3)22)26-18(15)30-20/h4-6,8-9,12,14H,7,10-11H2,1-3H3,(H,23,28)(H,25,26,29)/t12-,14?/m1/s1. The molecule has 9 heteroatoms. The Morgan fingerprint density at radius 2 is 2.07 bits per heavy atom. The molecule has 2 atom stereocenters. The lowest BCUT2D eigenvalue weighted by molar-refractivity contribution is -0.122. The van der Waals surface area contributed by atoms with Crippen molar-refractivity contribution < 1.29 is 9.18 Å². The van der Waals surface area contributed by atoms with Gasteiger partial charge in [-0.3, -0.25) is 9.59 Å². The molecule has 1 fully saturated rings. The van der Waals surface area contributed by atoms with E-state index in [1.807, 2.05) is 42.2 Å². The number of H-pyrrole nitrogens is 1. The largest absolute Gasteiger partial charge is 0.348 e. The van der Waals surface area contributed by atoms with E-state index in [-0.39, 0.29) is 29.3 Å². The Balaban J connectivity index is 1.58. The molecule has 0 radical (unpaired) electrons. The molecular formula is C21H24FN5O2S. The van der Waals surface area contributed by atoms with Crippen molar-refractivity contribution in [3.63, 3.8) is 0 Å². The fourth-order valence-electron chi connectivity index (χ4n) is 3.63. The van der Waals surface area contributed by atoms with Crippen LogP contribution in [0.25, 0.3) is 10.3 Å². The Bertz CT molecular complexity index is 1120. The molecule has 2 N–H and O–H groups in total. The van der Waals surface area contributed by atoms with Gasteiger partial charge in [0.15, 0.2) is 21.1 Å². The van der Waals surface area contributed by atoms with Crippen LogP contribution in [0.1, 0.15) is 51.0 Å². The molecule has 158 valence electrons. The van der Waals surface area contributed by atoms with Crippen molar-refractivity contribution in [1.29, 1.82) is 0 Å². The van der Waals surface area contributed by atoms with Crippen molar-refractivity contribution in [2.45, 2.75) is 51.4 Å². The van der Waals surface area contributed by atoms with Crippen LogP contribution in [0, 0.1) is 0 Å². The van der Waals surface area contributed by atoms with Crippen LogP contribution in [0.5, 0.6) is 0 Å². The lowest BCUT2D eigenvalue weighted by atomic mass is 10.1. The highest BCUT2D eigenvalue weighted by Gasteiger charge is 2.34. The Hall–Kier alpha value is -2.81. The van der Waals surface area contributed by atoms with E-state index in [4.69, 9.17) is 0 Å². The molecule has 7 nitrogen and oxygen atoms in total. The Morgan fingerprint density at radius 1 is 1.33 bits per heavy atom. The molecule has 4 rings (SSSR count). The van der Waals surface area contributed by atoms with Gasteiger partial charge in [-0.1, -0.05) is 41.7 Å². The maximum absolute atomic E-state index is 14.3. The first-order valence-electron chi connectivity index (χ1n) is 9.96. The van der Waals surface area contributed by atoms with E-state index in [1.165, 1.54) is 25.2 Å². The first-order chi connectivity index (χ1) is 14.2. The Kier molecular flexibility index (Phi) is 5.31. The number of fused-ring (bicyclic) bond motifs is 1. The molecular weight excluding hydrogens is 405 g/mol. The Labute approximate surface area is 177 Å². The van der Waals surface area contributed by atoms with Gasteiger partial charge in [-0.15, -0.1) is 0 Å². The smallest absolute Gasteiger partial charge is 0.278 e. The van der Waals surface area contributed by atoms with Gasteiger partial charge < -0.3 is 15.2 Å². The molecule has 1 aromatic carbocycles.